The highest BCUT2D eigenvalue weighted by molar-refractivity contribution is 7.80. The van der Waals surface area contributed by atoms with E-state index in [-0.39, 0.29) is 0 Å². The second-order valence-corrected chi connectivity index (χ2v) is 4.16. The number of unbranched alkanes of at least 4 members (excludes halogenated alkanes) is 5. The van der Waals surface area contributed by atoms with Gasteiger partial charge in [0.1, 0.15) is 6.04 Å². The van der Waals surface area contributed by atoms with Crippen LogP contribution < -0.4 is 5.32 Å². The topological polar surface area (TPSA) is 49.3 Å². The van der Waals surface area contributed by atoms with E-state index >= 15 is 0 Å². The maximum absolute atomic E-state index is 10.6. The zero-order valence-corrected chi connectivity index (χ0v) is 10.4. The summed E-state index contributed by atoms with van der Waals surface area (Å²) in [6, 6.07) is -0.496. The van der Waals surface area contributed by atoms with Gasteiger partial charge >= 0.3 is 5.97 Å². The zero-order valence-electron chi connectivity index (χ0n) is 9.54. The molecule has 0 saturated heterocycles. The molecule has 0 fully saturated rings. The average molecular weight is 233 g/mol. The van der Waals surface area contributed by atoms with E-state index in [1.54, 1.807) is 0 Å². The van der Waals surface area contributed by atoms with E-state index in [1.807, 2.05) is 0 Å². The van der Waals surface area contributed by atoms with Crippen molar-refractivity contribution >= 4 is 18.6 Å². The Labute approximate surface area is 98.0 Å². The van der Waals surface area contributed by atoms with Crippen molar-refractivity contribution in [3.63, 3.8) is 0 Å². The highest BCUT2D eigenvalue weighted by atomic mass is 32.1. The first-order chi connectivity index (χ1) is 7.22. The van der Waals surface area contributed by atoms with Crippen molar-refractivity contribution in [2.75, 3.05) is 12.3 Å². The van der Waals surface area contributed by atoms with Gasteiger partial charge in [0.05, 0.1) is 0 Å². The van der Waals surface area contributed by atoms with Crippen molar-refractivity contribution in [2.45, 2.75) is 51.5 Å². The second kappa shape index (κ2) is 10.3. The average Bonchev–Trinajstić information content (AvgIpc) is 2.21. The quantitative estimate of drug-likeness (QED) is 0.401. The summed E-state index contributed by atoms with van der Waals surface area (Å²) in [4.78, 5) is 10.6. The summed E-state index contributed by atoms with van der Waals surface area (Å²) in [7, 11) is 0. The highest BCUT2D eigenvalue weighted by Gasteiger charge is 2.13. The molecule has 0 rings (SSSR count). The van der Waals surface area contributed by atoms with Crippen LogP contribution in [-0.2, 0) is 4.79 Å². The molecule has 0 aromatic carbocycles. The molecule has 90 valence electrons. The lowest BCUT2D eigenvalue weighted by Gasteiger charge is -2.11. The molecule has 3 nitrogen and oxygen atoms in total. The smallest absolute Gasteiger partial charge is 0.321 e. The Morgan fingerprint density at radius 3 is 2.40 bits per heavy atom. The van der Waals surface area contributed by atoms with Crippen molar-refractivity contribution in [1.82, 2.24) is 5.32 Å². The van der Waals surface area contributed by atoms with E-state index in [1.165, 1.54) is 32.1 Å². The van der Waals surface area contributed by atoms with Crippen molar-refractivity contribution in [1.29, 1.82) is 0 Å². The summed E-state index contributed by atoms with van der Waals surface area (Å²) in [5.41, 5.74) is 0. The third-order valence-corrected chi connectivity index (χ3v) is 2.77. The number of thiol groups is 1. The van der Waals surface area contributed by atoms with Crippen molar-refractivity contribution in [2.24, 2.45) is 0 Å². The third kappa shape index (κ3) is 8.75. The molecule has 0 amide bonds. The van der Waals surface area contributed by atoms with Gasteiger partial charge < -0.3 is 10.4 Å². The number of carboxylic acid groups (broad SMARTS) is 1. The van der Waals surface area contributed by atoms with Gasteiger partial charge in [0.15, 0.2) is 0 Å². The molecule has 2 N–H and O–H groups in total. The summed E-state index contributed by atoms with van der Waals surface area (Å²) in [5.74, 6) is -0.457. The Morgan fingerprint density at radius 2 is 1.87 bits per heavy atom. The van der Waals surface area contributed by atoms with E-state index in [0.29, 0.717) is 5.75 Å². The fraction of sp³-hybridized carbons (Fsp3) is 0.909. The molecule has 1 atom stereocenters. The van der Waals surface area contributed by atoms with Gasteiger partial charge in [0, 0.05) is 5.75 Å². The van der Waals surface area contributed by atoms with E-state index in [2.05, 4.69) is 24.9 Å². The molecule has 0 aliphatic rings. The number of rotatable bonds is 10. The fourth-order valence-corrected chi connectivity index (χ4v) is 1.70. The minimum absolute atomic E-state index is 0.352. The highest BCUT2D eigenvalue weighted by Crippen LogP contribution is 2.04. The van der Waals surface area contributed by atoms with Crippen LogP contribution in [0.15, 0.2) is 0 Å². The Bertz CT molecular complexity index is 165. The molecule has 0 radical (unpaired) electrons. The molecule has 0 bridgehead atoms. The van der Waals surface area contributed by atoms with Crippen LogP contribution >= 0.6 is 12.6 Å². The third-order valence-electron chi connectivity index (χ3n) is 2.40. The van der Waals surface area contributed by atoms with Crippen LogP contribution in [0.4, 0.5) is 0 Å². The van der Waals surface area contributed by atoms with Gasteiger partial charge in [0.2, 0.25) is 0 Å². The van der Waals surface area contributed by atoms with Gasteiger partial charge in [-0.2, -0.15) is 12.6 Å². The van der Waals surface area contributed by atoms with Crippen LogP contribution in [0.2, 0.25) is 0 Å². The number of hydrogen-bond acceptors (Lipinski definition) is 3. The van der Waals surface area contributed by atoms with E-state index in [9.17, 15) is 4.79 Å². The van der Waals surface area contributed by atoms with Gasteiger partial charge in [-0.05, 0) is 13.0 Å². The first-order valence-electron chi connectivity index (χ1n) is 5.79. The van der Waals surface area contributed by atoms with Gasteiger partial charge in [-0.1, -0.05) is 39.0 Å². The lowest BCUT2D eigenvalue weighted by Crippen LogP contribution is -2.38. The van der Waals surface area contributed by atoms with Crippen molar-refractivity contribution in [3.05, 3.63) is 0 Å². The Kier molecular flexibility index (Phi) is 10.2. The van der Waals surface area contributed by atoms with Crippen LogP contribution in [0.25, 0.3) is 0 Å². The molecule has 0 spiro atoms. The number of carbonyl (C=O) groups is 1. The predicted octanol–water partition coefficient (Wildman–Crippen LogP) is 2.32. The standard InChI is InChI=1S/C11H23NO2S/c1-2-3-4-5-6-7-8-12-10(9-15)11(13)14/h10,12,15H,2-9H2,1H3,(H,13,14)/t10-/m1/s1. The van der Waals surface area contributed by atoms with Crippen molar-refractivity contribution in [3.8, 4) is 0 Å². The maximum Gasteiger partial charge on any atom is 0.321 e. The molecule has 4 heteroatoms. The molecule has 0 heterocycles. The summed E-state index contributed by atoms with van der Waals surface area (Å²) in [6.07, 6.45) is 7.37. The fourth-order valence-electron chi connectivity index (χ4n) is 1.41. The summed E-state index contributed by atoms with van der Waals surface area (Å²) >= 11 is 3.98. The van der Waals surface area contributed by atoms with E-state index < -0.39 is 12.0 Å². The monoisotopic (exact) mass is 233 g/mol. The van der Waals surface area contributed by atoms with Gasteiger partial charge in [-0.15, -0.1) is 0 Å². The molecule has 0 saturated carbocycles. The van der Waals surface area contributed by atoms with Crippen LogP contribution in [0.1, 0.15) is 45.4 Å². The minimum Gasteiger partial charge on any atom is -0.480 e. The first kappa shape index (κ1) is 14.8. The second-order valence-electron chi connectivity index (χ2n) is 3.80. The lowest BCUT2D eigenvalue weighted by molar-refractivity contribution is -0.138. The Hall–Kier alpha value is -0.220. The summed E-state index contributed by atoms with van der Waals surface area (Å²) < 4.78 is 0. The molecule has 0 aliphatic heterocycles. The molecular formula is C11H23NO2S. The minimum atomic E-state index is -0.809. The SMILES string of the molecule is CCCCCCCCN[C@H](CS)C(=O)O. The number of hydrogen-bond donors (Lipinski definition) is 3. The van der Waals surface area contributed by atoms with Crippen LogP contribution in [0, 0.1) is 0 Å². The lowest BCUT2D eigenvalue weighted by atomic mass is 10.1. The predicted molar refractivity (Wildman–Crippen MR) is 66.7 cm³/mol. The van der Waals surface area contributed by atoms with Crippen LogP contribution in [0.3, 0.4) is 0 Å². The molecule has 0 aliphatic carbocycles. The number of nitrogens with one attached hydrogen (secondary N) is 1. The van der Waals surface area contributed by atoms with Crippen LogP contribution in [0.5, 0.6) is 0 Å². The van der Waals surface area contributed by atoms with Gasteiger partial charge in [-0.25, -0.2) is 0 Å². The Morgan fingerprint density at radius 1 is 1.27 bits per heavy atom. The summed E-state index contributed by atoms with van der Waals surface area (Å²) in [5, 5.41) is 11.7. The maximum atomic E-state index is 10.6. The van der Waals surface area contributed by atoms with Gasteiger partial charge in [-0.3, -0.25) is 4.79 Å². The van der Waals surface area contributed by atoms with E-state index in [0.717, 1.165) is 13.0 Å². The van der Waals surface area contributed by atoms with Gasteiger partial charge in [0.25, 0.3) is 0 Å². The number of carboxylic acids is 1. The molecule has 0 aromatic heterocycles. The molecule has 15 heavy (non-hydrogen) atoms. The zero-order chi connectivity index (χ0) is 11.5. The van der Waals surface area contributed by atoms with Crippen molar-refractivity contribution < 1.29 is 9.90 Å². The summed E-state index contributed by atoms with van der Waals surface area (Å²) in [6.45, 7) is 2.98. The van der Waals surface area contributed by atoms with Crippen LogP contribution in [-0.4, -0.2) is 29.4 Å². The largest absolute Gasteiger partial charge is 0.480 e. The van der Waals surface area contributed by atoms with E-state index in [4.69, 9.17) is 5.11 Å². The first-order valence-corrected chi connectivity index (χ1v) is 6.42. The molecule has 0 aromatic rings. The molecular weight excluding hydrogens is 210 g/mol. The molecule has 0 unspecified atom stereocenters. The Balaban J connectivity index is 3.25. The normalized spacial score (nSPS) is 12.7. The number of aliphatic carboxylic acids is 1.